The lowest BCUT2D eigenvalue weighted by atomic mass is 10.0. The monoisotopic (exact) mass is 386 g/mol. The van der Waals surface area contributed by atoms with Crippen molar-refractivity contribution in [1.82, 2.24) is 9.55 Å². The van der Waals surface area contributed by atoms with Crippen LogP contribution in [0.5, 0.6) is 5.75 Å². The minimum Gasteiger partial charge on any atom is -0.406 e. The van der Waals surface area contributed by atoms with Gasteiger partial charge in [0.15, 0.2) is 0 Å². The van der Waals surface area contributed by atoms with Crippen LogP contribution in [-0.2, 0) is 5.41 Å². The average molecular weight is 386 g/mol. The van der Waals surface area contributed by atoms with Crippen molar-refractivity contribution in [1.29, 1.82) is 5.26 Å². The van der Waals surface area contributed by atoms with Gasteiger partial charge in [-0.2, -0.15) is 5.26 Å². The van der Waals surface area contributed by atoms with E-state index in [4.69, 9.17) is 5.73 Å². The first kappa shape index (κ1) is 17.9. The van der Waals surface area contributed by atoms with E-state index >= 15 is 0 Å². The van der Waals surface area contributed by atoms with Crippen molar-refractivity contribution < 1.29 is 22.7 Å². The highest BCUT2D eigenvalue weighted by molar-refractivity contribution is 5.99. The van der Waals surface area contributed by atoms with E-state index in [0.717, 1.165) is 6.07 Å². The first-order valence-corrected chi connectivity index (χ1v) is 8.33. The Kier molecular flexibility index (Phi) is 3.82. The fraction of sp³-hybridized carbons (Fsp3) is 0.211. The molecule has 1 saturated carbocycles. The number of hydrogen-bond acceptors (Lipinski definition) is 4. The Hall–Kier alpha value is -3.54. The molecule has 0 spiro atoms. The molecular weight excluding hydrogens is 373 g/mol. The number of aromatic nitrogens is 2. The Morgan fingerprint density at radius 1 is 1.25 bits per heavy atom. The van der Waals surface area contributed by atoms with Crippen LogP contribution in [0.25, 0.3) is 16.7 Å². The molecule has 0 bridgehead atoms. The van der Waals surface area contributed by atoms with Gasteiger partial charge in [-0.05, 0) is 43.2 Å². The minimum absolute atomic E-state index is 0.0608. The van der Waals surface area contributed by atoms with Crippen molar-refractivity contribution in [2.24, 2.45) is 5.73 Å². The summed E-state index contributed by atoms with van der Waals surface area (Å²) in [7, 11) is 0. The van der Waals surface area contributed by atoms with Crippen LogP contribution in [0.1, 0.15) is 29.0 Å². The van der Waals surface area contributed by atoms with Crippen molar-refractivity contribution in [2.45, 2.75) is 24.6 Å². The summed E-state index contributed by atoms with van der Waals surface area (Å²) in [5.41, 5.74) is 5.70. The van der Waals surface area contributed by atoms with Crippen LogP contribution < -0.4 is 10.5 Å². The average Bonchev–Trinajstić information content (AvgIpc) is 3.34. The maximum atomic E-state index is 12.6. The lowest BCUT2D eigenvalue weighted by molar-refractivity contribution is -0.274. The Morgan fingerprint density at radius 2 is 2.00 bits per heavy atom. The zero-order valence-electron chi connectivity index (χ0n) is 14.3. The maximum Gasteiger partial charge on any atom is 0.573 e. The Balaban J connectivity index is 1.91. The summed E-state index contributed by atoms with van der Waals surface area (Å²) >= 11 is 0. The van der Waals surface area contributed by atoms with Gasteiger partial charge in [0, 0.05) is 11.5 Å². The van der Waals surface area contributed by atoms with E-state index in [2.05, 4.69) is 15.8 Å². The quantitative estimate of drug-likeness (QED) is 0.742. The summed E-state index contributed by atoms with van der Waals surface area (Å²) in [6.45, 7) is 0. The summed E-state index contributed by atoms with van der Waals surface area (Å²) in [4.78, 5) is 16.4. The van der Waals surface area contributed by atoms with E-state index in [1.165, 1.54) is 22.8 Å². The van der Waals surface area contributed by atoms with Gasteiger partial charge in [-0.15, -0.1) is 13.2 Å². The Bertz CT molecular complexity index is 1140. The number of primary amides is 1. The van der Waals surface area contributed by atoms with Crippen LogP contribution in [-0.4, -0.2) is 21.8 Å². The van der Waals surface area contributed by atoms with Crippen LogP contribution in [0.4, 0.5) is 13.2 Å². The predicted molar refractivity (Wildman–Crippen MR) is 92.8 cm³/mol. The normalized spacial score (nSPS) is 15.2. The number of nitrogens with zero attached hydrogens (tertiary/aromatic N) is 3. The molecule has 9 heteroatoms. The van der Waals surface area contributed by atoms with Crippen molar-refractivity contribution >= 4 is 16.8 Å². The molecule has 0 aliphatic heterocycles. The smallest absolute Gasteiger partial charge is 0.406 e. The first-order chi connectivity index (χ1) is 13.2. The Morgan fingerprint density at radius 3 is 2.61 bits per heavy atom. The van der Waals surface area contributed by atoms with E-state index in [9.17, 15) is 23.2 Å². The number of ether oxygens (including phenoxy) is 1. The molecule has 28 heavy (non-hydrogen) atoms. The van der Waals surface area contributed by atoms with Gasteiger partial charge >= 0.3 is 6.36 Å². The van der Waals surface area contributed by atoms with E-state index in [0.29, 0.717) is 23.9 Å². The number of pyridine rings is 1. The molecule has 1 amide bonds. The fourth-order valence-corrected chi connectivity index (χ4v) is 3.17. The van der Waals surface area contributed by atoms with Crippen LogP contribution in [0.3, 0.4) is 0 Å². The molecule has 0 unspecified atom stereocenters. The molecule has 1 aliphatic rings. The number of rotatable bonds is 4. The number of nitriles is 1. The molecule has 6 nitrogen and oxygen atoms in total. The van der Waals surface area contributed by atoms with Crippen LogP contribution in [0, 0.1) is 11.3 Å². The molecular formula is C19H13F3N4O2. The molecule has 1 fully saturated rings. The standard InChI is InChI=1S/C19H13F3N4O2/c20-19(21,22)28-12-5-4-11-8-14(17(24)27)26(13(11)9-12)16-3-1-2-15(25-16)18(10-23)6-7-18/h1-5,8-9H,6-7H2,(H2,24,27). The number of fused-ring (bicyclic) bond motifs is 1. The zero-order chi connectivity index (χ0) is 20.1. The maximum absolute atomic E-state index is 12.6. The topological polar surface area (TPSA) is 93.9 Å². The number of alkyl halides is 3. The second kappa shape index (κ2) is 5.99. The number of benzene rings is 1. The minimum atomic E-state index is -4.85. The van der Waals surface area contributed by atoms with Gasteiger partial charge in [0.1, 0.15) is 17.3 Å². The summed E-state index contributed by atoms with van der Waals surface area (Å²) in [5.74, 6) is -0.905. The van der Waals surface area contributed by atoms with E-state index in [1.807, 2.05) is 0 Å². The van der Waals surface area contributed by atoms with E-state index in [-0.39, 0.29) is 17.0 Å². The number of amides is 1. The van der Waals surface area contributed by atoms with Crippen molar-refractivity contribution in [3.05, 3.63) is 53.9 Å². The molecule has 1 aromatic carbocycles. The molecule has 142 valence electrons. The number of hydrogen-bond donors (Lipinski definition) is 1. The predicted octanol–water partition coefficient (Wildman–Crippen LogP) is 3.58. The van der Waals surface area contributed by atoms with Crippen molar-refractivity contribution in [3.63, 3.8) is 0 Å². The zero-order valence-corrected chi connectivity index (χ0v) is 14.3. The number of carbonyl (C=O) groups excluding carboxylic acids is 1. The molecule has 0 saturated heterocycles. The van der Waals surface area contributed by atoms with Gasteiger partial charge in [0.2, 0.25) is 0 Å². The third-order valence-corrected chi connectivity index (χ3v) is 4.68. The highest BCUT2D eigenvalue weighted by Gasteiger charge is 2.46. The van der Waals surface area contributed by atoms with Gasteiger partial charge in [-0.25, -0.2) is 4.98 Å². The molecule has 1 aliphatic carbocycles. The van der Waals surface area contributed by atoms with Gasteiger partial charge in [-0.3, -0.25) is 9.36 Å². The number of carbonyl (C=O) groups is 1. The highest BCUT2D eigenvalue weighted by atomic mass is 19.4. The second-order valence-electron chi connectivity index (χ2n) is 6.57. The van der Waals surface area contributed by atoms with Crippen molar-refractivity contribution in [2.75, 3.05) is 0 Å². The fourth-order valence-electron chi connectivity index (χ4n) is 3.17. The third kappa shape index (κ3) is 3.03. The van der Waals surface area contributed by atoms with Crippen LogP contribution in [0.2, 0.25) is 0 Å². The second-order valence-corrected chi connectivity index (χ2v) is 6.57. The lowest BCUT2D eigenvalue weighted by Crippen LogP contribution is -2.18. The van der Waals surface area contributed by atoms with Gasteiger partial charge in [-0.1, -0.05) is 6.07 Å². The molecule has 4 rings (SSSR count). The molecule has 2 N–H and O–H groups in total. The van der Waals surface area contributed by atoms with E-state index in [1.54, 1.807) is 18.2 Å². The van der Waals surface area contributed by atoms with Crippen molar-refractivity contribution in [3.8, 4) is 17.6 Å². The largest absolute Gasteiger partial charge is 0.573 e. The van der Waals surface area contributed by atoms with Crippen LogP contribution >= 0.6 is 0 Å². The number of nitrogens with two attached hydrogens (primary N) is 1. The molecule has 0 atom stereocenters. The Labute approximate surface area is 156 Å². The molecule has 0 radical (unpaired) electrons. The SMILES string of the molecule is N#CC1(c2cccc(-n3c(C(N)=O)cc4ccc(OC(F)(F)F)cc43)n2)CC1. The van der Waals surface area contributed by atoms with Crippen LogP contribution in [0.15, 0.2) is 42.5 Å². The van der Waals surface area contributed by atoms with Gasteiger partial charge < -0.3 is 10.5 Å². The van der Waals surface area contributed by atoms with Gasteiger partial charge in [0.05, 0.1) is 22.7 Å². The summed E-state index contributed by atoms with van der Waals surface area (Å²) in [5, 5.41) is 9.89. The highest BCUT2D eigenvalue weighted by Crippen LogP contribution is 2.46. The summed E-state index contributed by atoms with van der Waals surface area (Å²) in [6, 6.07) is 12.4. The van der Waals surface area contributed by atoms with Gasteiger partial charge in [0.25, 0.3) is 5.91 Å². The first-order valence-electron chi connectivity index (χ1n) is 8.33. The summed E-state index contributed by atoms with van der Waals surface area (Å²) < 4.78 is 43.1. The summed E-state index contributed by atoms with van der Waals surface area (Å²) in [6.07, 6.45) is -3.49. The molecule has 2 heterocycles. The number of halogens is 3. The third-order valence-electron chi connectivity index (χ3n) is 4.68. The molecule has 3 aromatic rings. The van der Waals surface area contributed by atoms with E-state index < -0.39 is 23.4 Å². The molecule has 2 aromatic heterocycles. The lowest BCUT2D eigenvalue weighted by Gasteiger charge is -2.13.